The maximum atomic E-state index is 11.8. The Labute approximate surface area is 197 Å². The van der Waals surface area contributed by atoms with Crippen LogP contribution in [0.4, 0.5) is 0 Å². The molecule has 0 spiro atoms. The largest absolute Gasteiger partial charge is 0.497 e. The maximum absolute atomic E-state index is 11.8. The molecular weight excluding hydrogens is 430 g/mol. The number of hydrogen-bond donors (Lipinski definition) is 0. The zero-order valence-corrected chi connectivity index (χ0v) is 18.9. The number of amides is 1. The first-order chi connectivity index (χ1) is 16.7. The molecular formula is C27H25N3O4. The number of fused-ring (bicyclic) bond motifs is 1. The van der Waals surface area contributed by atoms with Crippen LogP contribution in [0, 0.1) is 4.91 Å². The third-order valence-corrected chi connectivity index (χ3v) is 6.35. The number of benzene rings is 3. The lowest BCUT2D eigenvalue weighted by Gasteiger charge is -2.25. The third kappa shape index (κ3) is 4.29. The van der Waals surface area contributed by atoms with Crippen LogP contribution in [-0.4, -0.2) is 22.6 Å². The fraction of sp³-hybridized carbons (Fsp3) is 0.259. The van der Waals surface area contributed by atoms with Gasteiger partial charge in [0, 0.05) is 28.4 Å². The topological polar surface area (TPSA) is 82.8 Å². The van der Waals surface area contributed by atoms with Gasteiger partial charge in [-0.2, -0.15) is 0 Å². The van der Waals surface area contributed by atoms with E-state index < -0.39 is 5.91 Å². The van der Waals surface area contributed by atoms with Crippen LogP contribution in [0.3, 0.4) is 0 Å². The molecule has 1 fully saturated rings. The molecule has 0 aliphatic heterocycles. The molecule has 1 aliphatic rings. The minimum Gasteiger partial charge on any atom is -0.497 e. The third-order valence-electron chi connectivity index (χ3n) is 6.35. The van der Waals surface area contributed by atoms with Gasteiger partial charge in [0.1, 0.15) is 23.1 Å². The second-order valence-corrected chi connectivity index (χ2v) is 8.50. The Balaban J connectivity index is 1.52. The molecule has 0 saturated heterocycles. The van der Waals surface area contributed by atoms with Gasteiger partial charge in [-0.25, -0.2) is 4.98 Å². The average Bonchev–Trinajstić information content (AvgIpc) is 3.28. The quantitative estimate of drug-likeness (QED) is 0.295. The minimum absolute atomic E-state index is 0.254. The fourth-order valence-electron chi connectivity index (χ4n) is 4.67. The van der Waals surface area contributed by atoms with Gasteiger partial charge in [0.05, 0.1) is 18.1 Å². The smallest absolute Gasteiger partial charge is 0.316 e. The van der Waals surface area contributed by atoms with Gasteiger partial charge in [-0.15, -0.1) is 4.91 Å². The van der Waals surface area contributed by atoms with Gasteiger partial charge in [0.2, 0.25) is 0 Å². The summed E-state index contributed by atoms with van der Waals surface area (Å²) in [4.78, 5) is 27.4. The number of ether oxygens (including phenoxy) is 2. The number of imidazole rings is 1. The molecule has 34 heavy (non-hydrogen) atoms. The molecule has 3 aromatic carbocycles. The predicted molar refractivity (Wildman–Crippen MR) is 130 cm³/mol. The van der Waals surface area contributed by atoms with Gasteiger partial charge >= 0.3 is 5.91 Å². The lowest BCUT2D eigenvalue weighted by atomic mass is 9.95. The van der Waals surface area contributed by atoms with E-state index in [0.29, 0.717) is 23.1 Å². The molecule has 1 amide bonds. The summed E-state index contributed by atoms with van der Waals surface area (Å²) in [6.45, 7) is 0. The van der Waals surface area contributed by atoms with Gasteiger partial charge in [0.15, 0.2) is 0 Å². The van der Waals surface area contributed by atoms with Crippen molar-refractivity contribution >= 4 is 16.9 Å². The average molecular weight is 456 g/mol. The number of hydrogen-bond acceptors (Lipinski definition) is 5. The molecule has 1 saturated carbocycles. The van der Waals surface area contributed by atoms with Gasteiger partial charge in [0.25, 0.3) is 0 Å². The van der Waals surface area contributed by atoms with E-state index in [0.717, 1.165) is 35.5 Å². The summed E-state index contributed by atoms with van der Waals surface area (Å²) in [5.74, 6) is 2.20. The van der Waals surface area contributed by atoms with Crippen LogP contribution in [0.2, 0.25) is 0 Å². The highest BCUT2D eigenvalue weighted by atomic mass is 16.5. The number of rotatable bonds is 6. The predicted octanol–water partition coefficient (Wildman–Crippen LogP) is 6.92. The summed E-state index contributed by atoms with van der Waals surface area (Å²) in [5, 5.41) is 2.55. The molecule has 5 rings (SSSR count). The highest BCUT2D eigenvalue weighted by Crippen LogP contribution is 2.37. The van der Waals surface area contributed by atoms with Crippen LogP contribution >= 0.6 is 0 Å². The van der Waals surface area contributed by atoms with Crippen molar-refractivity contribution in [3.05, 3.63) is 77.2 Å². The summed E-state index contributed by atoms with van der Waals surface area (Å²) in [5.41, 5.74) is 2.86. The molecule has 7 heteroatoms. The van der Waals surface area contributed by atoms with Crippen molar-refractivity contribution in [1.82, 2.24) is 9.55 Å². The highest BCUT2D eigenvalue weighted by molar-refractivity contribution is 5.98. The zero-order valence-electron chi connectivity index (χ0n) is 18.9. The molecule has 4 aromatic rings. The molecule has 0 radical (unpaired) electrons. The van der Waals surface area contributed by atoms with E-state index in [9.17, 15) is 9.70 Å². The van der Waals surface area contributed by atoms with Crippen molar-refractivity contribution in [2.75, 3.05) is 7.11 Å². The van der Waals surface area contributed by atoms with Crippen molar-refractivity contribution in [3.8, 4) is 28.6 Å². The summed E-state index contributed by atoms with van der Waals surface area (Å²) >= 11 is 0. The number of aromatic nitrogens is 2. The number of carbonyl (C=O) groups excluding carboxylic acids is 1. The Morgan fingerprint density at radius 2 is 1.71 bits per heavy atom. The molecule has 172 valence electrons. The number of methoxy groups -OCH3 is 1. The normalized spacial score (nSPS) is 14.1. The molecule has 1 aliphatic carbocycles. The Bertz CT molecular complexity index is 1340. The second-order valence-electron chi connectivity index (χ2n) is 8.50. The molecule has 1 heterocycles. The summed E-state index contributed by atoms with van der Waals surface area (Å²) in [7, 11) is 1.63. The van der Waals surface area contributed by atoms with Crippen molar-refractivity contribution in [3.63, 3.8) is 0 Å². The summed E-state index contributed by atoms with van der Waals surface area (Å²) in [6, 6.07) is 20.8. The second kappa shape index (κ2) is 9.47. The van der Waals surface area contributed by atoms with Gasteiger partial charge in [-0.3, -0.25) is 4.79 Å². The van der Waals surface area contributed by atoms with Crippen LogP contribution < -0.4 is 9.47 Å². The Kier molecular flexibility index (Phi) is 6.08. The molecule has 0 atom stereocenters. The van der Waals surface area contributed by atoms with Crippen LogP contribution in [0.5, 0.6) is 17.2 Å². The van der Waals surface area contributed by atoms with E-state index in [1.807, 2.05) is 54.6 Å². The maximum Gasteiger partial charge on any atom is 0.316 e. The monoisotopic (exact) mass is 455 g/mol. The van der Waals surface area contributed by atoms with E-state index in [1.165, 1.54) is 19.3 Å². The summed E-state index contributed by atoms with van der Waals surface area (Å²) < 4.78 is 13.5. The van der Waals surface area contributed by atoms with Crippen LogP contribution in [0.15, 0.2) is 71.9 Å². The van der Waals surface area contributed by atoms with Crippen molar-refractivity contribution in [2.24, 2.45) is 5.18 Å². The first-order valence-corrected chi connectivity index (χ1v) is 11.5. The number of carbonyl (C=O) groups is 1. The lowest BCUT2D eigenvalue weighted by Crippen LogP contribution is -2.14. The molecule has 7 nitrogen and oxygen atoms in total. The first kappa shape index (κ1) is 21.8. The molecule has 0 N–H and O–H groups in total. The van der Waals surface area contributed by atoms with E-state index in [-0.39, 0.29) is 5.56 Å². The Morgan fingerprint density at radius 3 is 2.44 bits per heavy atom. The van der Waals surface area contributed by atoms with Gasteiger partial charge in [-0.05, 0) is 67.4 Å². The van der Waals surface area contributed by atoms with Crippen LogP contribution in [-0.2, 0) is 0 Å². The van der Waals surface area contributed by atoms with Gasteiger partial charge < -0.3 is 14.0 Å². The summed E-state index contributed by atoms with van der Waals surface area (Å²) in [6.07, 6.45) is 5.79. The fourth-order valence-corrected chi connectivity index (χ4v) is 4.67. The Morgan fingerprint density at radius 1 is 0.941 bits per heavy atom. The van der Waals surface area contributed by atoms with E-state index in [1.54, 1.807) is 19.2 Å². The van der Waals surface area contributed by atoms with E-state index in [2.05, 4.69) is 9.74 Å². The number of nitroso groups, excluding NO2 is 1. The molecule has 0 unspecified atom stereocenters. The number of nitrogens with zero attached hydrogens (tertiary/aromatic N) is 3. The first-order valence-electron chi connectivity index (χ1n) is 11.5. The molecule has 0 bridgehead atoms. The van der Waals surface area contributed by atoms with Gasteiger partial charge in [-0.1, -0.05) is 25.3 Å². The lowest BCUT2D eigenvalue weighted by molar-refractivity contribution is 0.100. The minimum atomic E-state index is -0.783. The van der Waals surface area contributed by atoms with Crippen LogP contribution in [0.25, 0.3) is 22.4 Å². The van der Waals surface area contributed by atoms with Crippen LogP contribution in [0.1, 0.15) is 48.5 Å². The highest BCUT2D eigenvalue weighted by Gasteiger charge is 2.23. The molecule has 1 aromatic heterocycles. The van der Waals surface area contributed by atoms with E-state index in [4.69, 9.17) is 14.5 Å². The standard InChI is InChI=1S/C27H25N3O4/c1-33-22-8-5-9-23(17-22)34-21-13-10-18(11-14-21)26-28-24-16-19(27(31)29-32)12-15-25(24)30(26)20-6-3-2-4-7-20/h5,8-17,20H,2-4,6-7H2,1H3. The zero-order chi connectivity index (χ0) is 23.5. The van der Waals surface area contributed by atoms with Crippen molar-refractivity contribution < 1.29 is 14.3 Å². The van der Waals surface area contributed by atoms with Crippen molar-refractivity contribution in [1.29, 1.82) is 0 Å². The van der Waals surface area contributed by atoms with Crippen molar-refractivity contribution in [2.45, 2.75) is 38.1 Å². The Hall–Kier alpha value is -4.00. The SMILES string of the molecule is COc1cccc(Oc2ccc(-c3nc4cc(C(=O)N=O)ccc4n3C3CCCCC3)cc2)c1. The van der Waals surface area contributed by atoms with E-state index >= 15 is 0 Å².